The van der Waals surface area contributed by atoms with E-state index in [9.17, 15) is 9.59 Å². The number of carbonyl (C=O) groups is 2. The molecule has 0 spiro atoms. The summed E-state index contributed by atoms with van der Waals surface area (Å²) in [4.78, 5) is 30.1. The van der Waals surface area contributed by atoms with Crippen LogP contribution in [0.1, 0.15) is 20.8 Å². The van der Waals surface area contributed by atoms with E-state index in [1.807, 2.05) is 30.3 Å². The van der Waals surface area contributed by atoms with Crippen molar-refractivity contribution in [1.29, 1.82) is 0 Å². The van der Waals surface area contributed by atoms with Crippen LogP contribution >= 0.6 is 0 Å². The van der Waals surface area contributed by atoms with Gasteiger partial charge in [-0.15, -0.1) is 0 Å². The monoisotopic (exact) mass is 416 g/mol. The Kier molecular flexibility index (Phi) is 5.63. The van der Waals surface area contributed by atoms with E-state index in [4.69, 9.17) is 9.25 Å². The quantitative estimate of drug-likeness (QED) is 0.480. The van der Waals surface area contributed by atoms with Crippen LogP contribution in [0.15, 0.2) is 83.5 Å². The molecular weight excluding hydrogens is 396 g/mol. The number of furan rings is 1. The molecule has 2 heterocycles. The van der Waals surface area contributed by atoms with Crippen molar-refractivity contribution >= 4 is 17.5 Å². The Morgan fingerprint density at radius 2 is 1.77 bits per heavy atom. The van der Waals surface area contributed by atoms with Crippen molar-refractivity contribution in [3.8, 4) is 17.1 Å². The zero-order chi connectivity index (χ0) is 21.8. The molecule has 0 aliphatic heterocycles. The lowest BCUT2D eigenvalue weighted by Gasteiger charge is -2.14. The highest BCUT2D eigenvalue weighted by Crippen LogP contribution is 2.23. The Bertz CT molecular complexity index is 1180. The molecule has 0 radical (unpaired) electrons. The molecule has 156 valence electrons. The van der Waals surface area contributed by atoms with Gasteiger partial charge in [0.2, 0.25) is 0 Å². The minimum atomic E-state index is -0.345. The van der Waals surface area contributed by atoms with Gasteiger partial charge in [-0.2, -0.15) is 5.10 Å². The second kappa shape index (κ2) is 8.68. The van der Waals surface area contributed by atoms with Gasteiger partial charge in [-0.05, 0) is 48.5 Å². The van der Waals surface area contributed by atoms with Gasteiger partial charge in [0, 0.05) is 24.4 Å². The number of amides is 2. The summed E-state index contributed by atoms with van der Waals surface area (Å²) >= 11 is 0. The lowest BCUT2D eigenvalue weighted by Crippen LogP contribution is -2.25. The summed E-state index contributed by atoms with van der Waals surface area (Å²) in [5, 5.41) is 8.53. The predicted molar refractivity (Wildman–Crippen MR) is 115 cm³/mol. The van der Waals surface area contributed by atoms with Gasteiger partial charge in [-0.25, -0.2) is 9.75 Å². The fourth-order valence-electron chi connectivity index (χ4n) is 3.01. The van der Waals surface area contributed by atoms with Crippen molar-refractivity contribution in [1.82, 2.24) is 14.8 Å². The van der Waals surface area contributed by atoms with Crippen LogP contribution in [-0.4, -0.2) is 40.8 Å². The maximum atomic E-state index is 13.1. The van der Waals surface area contributed by atoms with Crippen molar-refractivity contribution < 1.29 is 18.8 Å². The van der Waals surface area contributed by atoms with E-state index in [2.05, 4.69) is 10.4 Å². The van der Waals surface area contributed by atoms with Gasteiger partial charge in [0.05, 0.1) is 19.1 Å². The number of nitrogens with one attached hydrogen (secondary N) is 1. The van der Waals surface area contributed by atoms with E-state index in [1.54, 1.807) is 53.4 Å². The molecule has 31 heavy (non-hydrogen) atoms. The average Bonchev–Trinajstić information content (AvgIpc) is 3.49. The summed E-state index contributed by atoms with van der Waals surface area (Å²) in [6.45, 7) is 0. The number of benzene rings is 2. The first-order chi connectivity index (χ1) is 15.1. The molecule has 2 aromatic carbocycles. The Balaban J connectivity index is 1.61. The molecule has 0 saturated heterocycles. The SMILES string of the molecule is CON(C)C(=O)c1ccc(NC(=O)c2cc(-c3ccco3)nn2-c2ccccc2)cc1. The normalized spacial score (nSPS) is 10.6. The molecule has 0 saturated carbocycles. The lowest BCUT2D eigenvalue weighted by molar-refractivity contribution is -0.0756. The second-order valence-corrected chi connectivity index (χ2v) is 6.66. The van der Waals surface area contributed by atoms with Gasteiger partial charge in [-0.1, -0.05) is 18.2 Å². The summed E-state index contributed by atoms with van der Waals surface area (Å²) in [5.74, 6) is -0.0678. The first kappa shape index (κ1) is 20.1. The highest BCUT2D eigenvalue weighted by atomic mass is 16.7. The first-order valence-corrected chi connectivity index (χ1v) is 9.50. The molecule has 0 bridgehead atoms. The van der Waals surface area contributed by atoms with E-state index in [1.165, 1.54) is 14.2 Å². The van der Waals surface area contributed by atoms with Crippen LogP contribution in [-0.2, 0) is 4.84 Å². The number of anilines is 1. The van der Waals surface area contributed by atoms with Crippen molar-refractivity contribution in [2.24, 2.45) is 0 Å². The summed E-state index contributed by atoms with van der Waals surface area (Å²) in [7, 11) is 2.94. The van der Waals surface area contributed by atoms with E-state index >= 15 is 0 Å². The van der Waals surface area contributed by atoms with E-state index in [0.29, 0.717) is 28.4 Å². The van der Waals surface area contributed by atoms with Crippen LogP contribution in [0, 0.1) is 0 Å². The second-order valence-electron chi connectivity index (χ2n) is 6.66. The maximum absolute atomic E-state index is 13.1. The number of rotatable bonds is 6. The average molecular weight is 416 g/mol. The number of carbonyl (C=O) groups excluding carboxylic acids is 2. The summed E-state index contributed by atoms with van der Waals surface area (Å²) < 4.78 is 7.00. The van der Waals surface area contributed by atoms with Crippen LogP contribution < -0.4 is 5.32 Å². The standard InChI is InChI=1S/C23H20N4O4/c1-26(30-2)23(29)16-10-12-17(13-11-16)24-22(28)20-15-19(21-9-6-14-31-21)25-27(20)18-7-4-3-5-8-18/h3-15H,1-2H3,(H,24,28). The van der Waals surface area contributed by atoms with E-state index in [0.717, 1.165) is 10.8 Å². The zero-order valence-electron chi connectivity index (χ0n) is 17.0. The number of aromatic nitrogens is 2. The van der Waals surface area contributed by atoms with Gasteiger partial charge >= 0.3 is 0 Å². The Hall–Kier alpha value is -4.17. The largest absolute Gasteiger partial charge is 0.463 e. The Morgan fingerprint density at radius 3 is 2.42 bits per heavy atom. The van der Waals surface area contributed by atoms with Gasteiger partial charge in [0.15, 0.2) is 5.76 Å². The zero-order valence-corrected chi connectivity index (χ0v) is 17.0. The fourth-order valence-corrected chi connectivity index (χ4v) is 3.01. The molecular formula is C23H20N4O4. The van der Waals surface area contributed by atoms with E-state index in [-0.39, 0.29) is 11.8 Å². The summed E-state index contributed by atoms with van der Waals surface area (Å²) in [6.07, 6.45) is 1.56. The molecule has 0 aliphatic carbocycles. The van der Waals surface area contributed by atoms with Crippen LogP contribution in [0.25, 0.3) is 17.1 Å². The number of hydroxylamine groups is 2. The Labute approximate surface area is 178 Å². The van der Waals surface area contributed by atoms with Crippen molar-refractivity contribution in [3.05, 3.63) is 90.3 Å². The molecule has 0 unspecified atom stereocenters. The van der Waals surface area contributed by atoms with Crippen molar-refractivity contribution in [3.63, 3.8) is 0 Å². The number of para-hydroxylation sites is 1. The minimum absolute atomic E-state index is 0.286. The molecule has 4 aromatic rings. The van der Waals surface area contributed by atoms with Crippen LogP contribution in [0.3, 0.4) is 0 Å². The summed E-state index contributed by atoms with van der Waals surface area (Å²) in [6, 6.07) is 21.1. The van der Waals surface area contributed by atoms with Gasteiger partial charge < -0.3 is 9.73 Å². The number of nitrogens with zero attached hydrogens (tertiary/aromatic N) is 3. The third kappa shape index (κ3) is 4.24. The lowest BCUT2D eigenvalue weighted by atomic mass is 10.2. The molecule has 8 nitrogen and oxygen atoms in total. The molecule has 8 heteroatoms. The van der Waals surface area contributed by atoms with E-state index < -0.39 is 0 Å². The number of hydrogen-bond acceptors (Lipinski definition) is 5. The van der Waals surface area contributed by atoms with Crippen LogP contribution in [0.5, 0.6) is 0 Å². The molecule has 2 amide bonds. The fraction of sp³-hybridized carbons (Fsp3) is 0.0870. The molecule has 0 atom stereocenters. The van der Waals surface area contributed by atoms with Crippen LogP contribution in [0.2, 0.25) is 0 Å². The molecule has 0 fully saturated rings. The van der Waals surface area contributed by atoms with Gasteiger partial charge in [0.1, 0.15) is 11.4 Å². The molecule has 2 aromatic heterocycles. The highest BCUT2D eigenvalue weighted by Gasteiger charge is 2.19. The topological polar surface area (TPSA) is 89.6 Å². The Morgan fingerprint density at radius 1 is 1.03 bits per heavy atom. The molecule has 4 rings (SSSR count). The van der Waals surface area contributed by atoms with Gasteiger partial charge in [-0.3, -0.25) is 14.4 Å². The highest BCUT2D eigenvalue weighted by molar-refractivity contribution is 6.04. The molecule has 0 aliphatic rings. The smallest absolute Gasteiger partial charge is 0.277 e. The number of hydrogen-bond donors (Lipinski definition) is 1. The van der Waals surface area contributed by atoms with Gasteiger partial charge in [0.25, 0.3) is 11.8 Å². The molecule has 1 N–H and O–H groups in total. The van der Waals surface area contributed by atoms with Crippen molar-refractivity contribution in [2.75, 3.05) is 19.5 Å². The van der Waals surface area contributed by atoms with Crippen LogP contribution in [0.4, 0.5) is 5.69 Å². The first-order valence-electron chi connectivity index (χ1n) is 9.50. The third-order valence-corrected chi connectivity index (χ3v) is 4.67. The summed E-state index contributed by atoms with van der Waals surface area (Å²) in [5.41, 5.74) is 2.62. The van der Waals surface area contributed by atoms with Crippen molar-refractivity contribution in [2.45, 2.75) is 0 Å². The maximum Gasteiger partial charge on any atom is 0.277 e. The minimum Gasteiger partial charge on any atom is -0.463 e. The predicted octanol–water partition coefficient (Wildman–Crippen LogP) is 4.02. The third-order valence-electron chi connectivity index (χ3n) is 4.67.